The normalized spacial score (nSPS) is 18.4. The van der Waals surface area contributed by atoms with Crippen LogP contribution >= 0.6 is 0 Å². The van der Waals surface area contributed by atoms with Crippen LogP contribution in [0.5, 0.6) is 0 Å². The Labute approximate surface area is 89.7 Å². The van der Waals surface area contributed by atoms with Crippen molar-refractivity contribution in [1.29, 1.82) is 0 Å². The number of nitrogens with one attached hydrogen (secondary N) is 1. The van der Waals surface area contributed by atoms with E-state index in [1.165, 1.54) is 57.9 Å². The lowest BCUT2D eigenvalue weighted by atomic mass is 10.0. The molecule has 1 aliphatic rings. The molecule has 1 N–H and O–H groups in total. The fourth-order valence-electron chi connectivity index (χ4n) is 1.99. The second-order valence-corrected chi connectivity index (χ2v) is 4.81. The van der Waals surface area contributed by atoms with Gasteiger partial charge >= 0.3 is 0 Å². The van der Waals surface area contributed by atoms with Crippen LogP contribution in [0.25, 0.3) is 0 Å². The van der Waals surface area contributed by atoms with E-state index in [1.807, 2.05) is 0 Å². The van der Waals surface area contributed by atoms with Crippen LogP contribution in [0.3, 0.4) is 0 Å². The highest BCUT2D eigenvalue weighted by Crippen LogP contribution is 2.34. The van der Waals surface area contributed by atoms with Crippen molar-refractivity contribution in [2.45, 2.75) is 71.3 Å². The fraction of sp³-hybridized carbons (Fsp3) is 1.00. The SMILES string of the molecule is CCCCC(CCC1CC1)NCCC. The molecule has 1 aliphatic carbocycles. The average molecular weight is 197 g/mol. The van der Waals surface area contributed by atoms with Gasteiger partial charge in [-0.3, -0.25) is 0 Å². The number of hydrogen-bond acceptors (Lipinski definition) is 1. The smallest absolute Gasteiger partial charge is 0.00671 e. The Morgan fingerprint density at radius 3 is 2.50 bits per heavy atom. The first-order valence-electron chi connectivity index (χ1n) is 6.60. The van der Waals surface area contributed by atoms with Crippen molar-refractivity contribution in [3.63, 3.8) is 0 Å². The van der Waals surface area contributed by atoms with Crippen LogP contribution in [0.1, 0.15) is 65.2 Å². The summed E-state index contributed by atoms with van der Waals surface area (Å²) in [5.74, 6) is 1.10. The first kappa shape index (κ1) is 12.0. The molecule has 84 valence electrons. The summed E-state index contributed by atoms with van der Waals surface area (Å²) in [7, 11) is 0. The predicted octanol–water partition coefficient (Wildman–Crippen LogP) is 3.74. The highest BCUT2D eigenvalue weighted by Gasteiger charge is 2.22. The standard InChI is InChI=1S/C13H27N/c1-3-5-6-13(14-11-4-2)10-9-12-7-8-12/h12-14H,3-11H2,1-2H3. The van der Waals surface area contributed by atoms with Crippen LogP contribution in [-0.2, 0) is 0 Å². The van der Waals surface area contributed by atoms with Crippen molar-refractivity contribution in [2.24, 2.45) is 5.92 Å². The van der Waals surface area contributed by atoms with Gasteiger partial charge in [-0.25, -0.2) is 0 Å². The average Bonchev–Trinajstić information content (AvgIpc) is 3.00. The molecule has 0 heterocycles. The van der Waals surface area contributed by atoms with Gasteiger partial charge in [0.15, 0.2) is 0 Å². The number of unbranched alkanes of at least 4 members (excludes halogenated alkanes) is 1. The molecule has 14 heavy (non-hydrogen) atoms. The zero-order valence-electron chi connectivity index (χ0n) is 10.0. The summed E-state index contributed by atoms with van der Waals surface area (Å²) in [6.45, 7) is 5.75. The topological polar surface area (TPSA) is 12.0 Å². The van der Waals surface area contributed by atoms with Gasteiger partial charge in [0.1, 0.15) is 0 Å². The predicted molar refractivity (Wildman–Crippen MR) is 63.6 cm³/mol. The summed E-state index contributed by atoms with van der Waals surface area (Å²) in [5, 5.41) is 3.69. The van der Waals surface area contributed by atoms with Gasteiger partial charge in [0.2, 0.25) is 0 Å². The van der Waals surface area contributed by atoms with Crippen LogP contribution in [0.4, 0.5) is 0 Å². The molecule has 0 saturated heterocycles. The molecule has 1 fully saturated rings. The molecular formula is C13H27N. The molecule has 0 spiro atoms. The monoisotopic (exact) mass is 197 g/mol. The highest BCUT2D eigenvalue weighted by atomic mass is 14.9. The van der Waals surface area contributed by atoms with Gasteiger partial charge in [-0.15, -0.1) is 0 Å². The summed E-state index contributed by atoms with van der Waals surface area (Å²) in [5.41, 5.74) is 0. The van der Waals surface area contributed by atoms with Gasteiger partial charge in [-0.2, -0.15) is 0 Å². The molecule has 0 aromatic heterocycles. The van der Waals surface area contributed by atoms with E-state index >= 15 is 0 Å². The molecular weight excluding hydrogens is 170 g/mol. The number of hydrogen-bond donors (Lipinski definition) is 1. The minimum Gasteiger partial charge on any atom is -0.314 e. The van der Waals surface area contributed by atoms with Gasteiger partial charge in [0.25, 0.3) is 0 Å². The molecule has 1 atom stereocenters. The molecule has 0 aromatic carbocycles. The van der Waals surface area contributed by atoms with Gasteiger partial charge in [-0.05, 0) is 38.1 Å². The van der Waals surface area contributed by atoms with E-state index in [9.17, 15) is 0 Å². The van der Waals surface area contributed by atoms with E-state index in [2.05, 4.69) is 19.2 Å². The third-order valence-corrected chi connectivity index (χ3v) is 3.21. The zero-order chi connectivity index (χ0) is 10.2. The summed E-state index contributed by atoms with van der Waals surface area (Å²) >= 11 is 0. The largest absolute Gasteiger partial charge is 0.314 e. The molecule has 0 aromatic rings. The van der Waals surface area contributed by atoms with Crippen LogP contribution in [0.2, 0.25) is 0 Å². The Kier molecular flexibility index (Phi) is 6.25. The van der Waals surface area contributed by atoms with E-state index in [4.69, 9.17) is 0 Å². The molecule has 1 unspecified atom stereocenters. The lowest BCUT2D eigenvalue weighted by Gasteiger charge is -2.17. The fourth-order valence-corrected chi connectivity index (χ4v) is 1.99. The second kappa shape index (κ2) is 7.28. The number of rotatable bonds is 9. The van der Waals surface area contributed by atoms with E-state index in [-0.39, 0.29) is 0 Å². The van der Waals surface area contributed by atoms with E-state index in [0.29, 0.717) is 0 Å². The Morgan fingerprint density at radius 2 is 1.93 bits per heavy atom. The van der Waals surface area contributed by atoms with Crippen LogP contribution in [0.15, 0.2) is 0 Å². The molecule has 1 heteroatoms. The summed E-state index contributed by atoms with van der Waals surface area (Å²) in [4.78, 5) is 0. The summed E-state index contributed by atoms with van der Waals surface area (Å²) in [6, 6.07) is 0.815. The highest BCUT2D eigenvalue weighted by molar-refractivity contribution is 4.76. The van der Waals surface area contributed by atoms with Crippen molar-refractivity contribution in [2.75, 3.05) is 6.54 Å². The van der Waals surface area contributed by atoms with Gasteiger partial charge < -0.3 is 5.32 Å². The Morgan fingerprint density at radius 1 is 1.14 bits per heavy atom. The molecule has 1 nitrogen and oxygen atoms in total. The van der Waals surface area contributed by atoms with Crippen LogP contribution in [0, 0.1) is 5.92 Å². The van der Waals surface area contributed by atoms with E-state index in [0.717, 1.165) is 12.0 Å². The van der Waals surface area contributed by atoms with Crippen molar-refractivity contribution < 1.29 is 0 Å². The van der Waals surface area contributed by atoms with Gasteiger partial charge in [-0.1, -0.05) is 39.5 Å². The third-order valence-electron chi connectivity index (χ3n) is 3.21. The van der Waals surface area contributed by atoms with Crippen LogP contribution in [-0.4, -0.2) is 12.6 Å². The molecule has 0 radical (unpaired) electrons. The van der Waals surface area contributed by atoms with E-state index in [1.54, 1.807) is 0 Å². The lowest BCUT2D eigenvalue weighted by molar-refractivity contribution is 0.420. The van der Waals surface area contributed by atoms with Gasteiger partial charge in [0.05, 0.1) is 0 Å². The molecule has 0 bridgehead atoms. The zero-order valence-corrected chi connectivity index (χ0v) is 10.0. The first-order chi connectivity index (χ1) is 6.86. The summed E-state index contributed by atoms with van der Waals surface area (Å²) in [6.07, 6.45) is 11.3. The minimum atomic E-state index is 0.815. The second-order valence-electron chi connectivity index (χ2n) is 4.81. The van der Waals surface area contributed by atoms with Gasteiger partial charge in [0, 0.05) is 6.04 Å². The van der Waals surface area contributed by atoms with E-state index < -0.39 is 0 Å². The molecule has 0 amide bonds. The molecule has 0 aliphatic heterocycles. The third kappa shape index (κ3) is 5.64. The Balaban J connectivity index is 2.05. The lowest BCUT2D eigenvalue weighted by Crippen LogP contribution is -2.29. The first-order valence-corrected chi connectivity index (χ1v) is 6.60. The minimum absolute atomic E-state index is 0.815. The van der Waals surface area contributed by atoms with Crippen LogP contribution < -0.4 is 5.32 Å². The van der Waals surface area contributed by atoms with Crippen molar-refractivity contribution in [3.8, 4) is 0 Å². The maximum Gasteiger partial charge on any atom is 0.00671 e. The molecule has 1 rings (SSSR count). The van der Waals surface area contributed by atoms with Crippen molar-refractivity contribution in [1.82, 2.24) is 5.32 Å². The Hall–Kier alpha value is -0.0400. The maximum atomic E-state index is 3.69. The Bertz CT molecular complexity index is 121. The maximum absolute atomic E-state index is 3.69. The van der Waals surface area contributed by atoms with Crippen molar-refractivity contribution >= 4 is 0 Å². The summed E-state index contributed by atoms with van der Waals surface area (Å²) < 4.78 is 0. The molecule has 1 saturated carbocycles. The van der Waals surface area contributed by atoms with Crippen molar-refractivity contribution in [3.05, 3.63) is 0 Å². The quantitative estimate of drug-likeness (QED) is 0.594.